The summed E-state index contributed by atoms with van der Waals surface area (Å²) in [6.45, 7) is 0.677. The molecule has 0 aliphatic heterocycles. The highest BCUT2D eigenvalue weighted by atomic mass is 16.5. The van der Waals surface area contributed by atoms with Crippen LogP contribution >= 0.6 is 0 Å². The average Bonchev–Trinajstić information content (AvgIpc) is 2.42. The van der Waals surface area contributed by atoms with E-state index in [4.69, 9.17) is 15.2 Å². The van der Waals surface area contributed by atoms with E-state index >= 15 is 0 Å². The van der Waals surface area contributed by atoms with Gasteiger partial charge in [-0.1, -0.05) is 6.42 Å². The van der Waals surface area contributed by atoms with Gasteiger partial charge in [0.2, 0.25) is 0 Å². The highest BCUT2D eigenvalue weighted by molar-refractivity contribution is 5.99. The van der Waals surface area contributed by atoms with Crippen LogP contribution in [0.1, 0.15) is 36.0 Å². The van der Waals surface area contributed by atoms with E-state index in [-0.39, 0.29) is 5.78 Å². The zero-order valence-electron chi connectivity index (χ0n) is 11.1. The van der Waals surface area contributed by atoms with E-state index in [0.29, 0.717) is 30.0 Å². The van der Waals surface area contributed by atoms with Gasteiger partial charge in [0.1, 0.15) is 11.5 Å². The van der Waals surface area contributed by atoms with Crippen LogP contribution < -0.4 is 15.2 Å². The van der Waals surface area contributed by atoms with Gasteiger partial charge in [-0.25, -0.2) is 0 Å². The van der Waals surface area contributed by atoms with Crippen molar-refractivity contribution >= 4 is 5.78 Å². The monoisotopic (exact) mass is 251 g/mol. The van der Waals surface area contributed by atoms with Crippen molar-refractivity contribution in [2.75, 3.05) is 20.8 Å². The van der Waals surface area contributed by atoms with Crippen molar-refractivity contribution in [2.45, 2.75) is 25.7 Å². The number of Topliss-reactive ketones (excluding diaryl/α,β-unsaturated/α-hetero) is 1. The average molecular weight is 251 g/mol. The minimum Gasteiger partial charge on any atom is -0.497 e. The Morgan fingerprint density at radius 1 is 1.17 bits per heavy atom. The normalized spacial score (nSPS) is 10.2. The van der Waals surface area contributed by atoms with Crippen LogP contribution in [0.2, 0.25) is 0 Å². The van der Waals surface area contributed by atoms with Crippen LogP contribution in [0.5, 0.6) is 11.5 Å². The Kier molecular flexibility index (Phi) is 6.22. The fraction of sp³-hybridized carbons (Fsp3) is 0.500. The van der Waals surface area contributed by atoms with Gasteiger partial charge in [0.15, 0.2) is 5.78 Å². The minimum atomic E-state index is 0.0859. The van der Waals surface area contributed by atoms with Crippen LogP contribution in [0.3, 0.4) is 0 Å². The van der Waals surface area contributed by atoms with Crippen LogP contribution in [-0.4, -0.2) is 26.5 Å². The number of hydrogen-bond acceptors (Lipinski definition) is 4. The Balaban J connectivity index is 2.70. The third-order valence-corrected chi connectivity index (χ3v) is 2.82. The maximum atomic E-state index is 12.1. The van der Waals surface area contributed by atoms with Crippen molar-refractivity contribution in [1.29, 1.82) is 0 Å². The van der Waals surface area contributed by atoms with Crippen LogP contribution in [-0.2, 0) is 0 Å². The molecule has 100 valence electrons. The fourth-order valence-electron chi connectivity index (χ4n) is 1.77. The first-order valence-electron chi connectivity index (χ1n) is 6.18. The number of carbonyl (C=O) groups excluding carboxylic acids is 1. The standard InChI is InChI=1S/C14H21NO3/c1-17-11-7-8-14(18-2)12(10-11)13(16)6-4-3-5-9-15/h7-8,10H,3-6,9,15H2,1-2H3. The number of carbonyl (C=O) groups is 1. The Hall–Kier alpha value is -1.55. The van der Waals surface area contributed by atoms with E-state index in [2.05, 4.69) is 0 Å². The summed E-state index contributed by atoms with van der Waals surface area (Å²) in [5, 5.41) is 0. The molecule has 0 atom stereocenters. The van der Waals surface area contributed by atoms with Gasteiger partial charge in [-0.05, 0) is 37.6 Å². The summed E-state index contributed by atoms with van der Waals surface area (Å²) in [6, 6.07) is 5.26. The number of methoxy groups -OCH3 is 2. The Morgan fingerprint density at radius 3 is 2.56 bits per heavy atom. The molecule has 0 saturated heterocycles. The van der Waals surface area contributed by atoms with E-state index in [1.54, 1.807) is 32.4 Å². The quantitative estimate of drug-likeness (QED) is 0.569. The lowest BCUT2D eigenvalue weighted by atomic mass is 10.0. The number of ether oxygens (including phenoxy) is 2. The Morgan fingerprint density at radius 2 is 1.94 bits per heavy atom. The largest absolute Gasteiger partial charge is 0.497 e. The topological polar surface area (TPSA) is 61.5 Å². The maximum absolute atomic E-state index is 12.1. The minimum absolute atomic E-state index is 0.0859. The molecule has 1 aromatic rings. The molecule has 0 saturated carbocycles. The lowest BCUT2D eigenvalue weighted by Crippen LogP contribution is -2.04. The third kappa shape index (κ3) is 4.04. The second kappa shape index (κ2) is 7.71. The van der Waals surface area contributed by atoms with Gasteiger partial charge in [0.25, 0.3) is 0 Å². The van der Waals surface area contributed by atoms with Crippen LogP contribution in [0.4, 0.5) is 0 Å². The summed E-state index contributed by atoms with van der Waals surface area (Å²) in [6.07, 6.45) is 3.32. The lowest BCUT2D eigenvalue weighted by Gasteiger charge is -2.09. The zero-order chi connectivity index (χ0) is 13.4. The maximum Gasteiger partial charge on any atom is 0.166 e. The highest BCUT2D eigenvalue weighted by Gasteiger charge is 2.13. The molecule has 1 aromatic carbocycles. The molecule has 2 N–H and O–H groups in total. The predicted molar refractivity (Wildman–Crippen MR) is 71.4 cm³/mol. The number of nitrogens with two attached hydrogens (primary N) is 1. The van der Waals surface area contributed by atoms with Gasteiger partial charge in [0, 0.05) is 6.42 Å². The molecule has 4 nitrogen and oxygen atoms in total. The first-order valence-corrected chi connectivity index (χ1v) is 6.18. The number of hydrogen-bond donors (Lipinski definition) is 1. The molecule has 0 amide bonds. The number of unbranched alkanes of at least 4 members (excludes halogenated alkanes) is 2. The highest BCUT2D eigenvalue weighted by Crippen LogP contribution is 2.25. The molecular weight excluding hydrogens is 230 g/mol. The van der Waals surface area contributed by atoms with E-state index in [9.17, 15) is 4.79 Å². The van der Waals surface area contributed by atoms with Crippen molar-refractivity contribution in [3.8, 4) is 11.5 Å². The van der Waals surface area contributed by atoms with Crippen molar-refractivity contribution < 1.29 is 14.3 Å². The van der Waals surface area contributed by atoms with E-state index in [1.807, 2.05) is 0 Å². The summed E-state index contributed by atoms with van der Waals surface area (Å²) >= 11 is 0. The number of benzene rings is 1. The molecule has 0 aliphatic rings. The molecule has 1 rings (SSSR count). The molecule has 4 heteroatoms. The first-order chi connectivity index (χ1) is 8.72. The summed E-state index contributed by atoms with van der Waals surface area (Å²) in [4.78, 5) is 12.1. The van der Waals surface area contributed by atoms with Crippen molar-refractivity contribution in [3.63, 3.8) is 0 Å². The molecule has 18 heavy (non-hydrogen) atoms. The summed E-state index contributed by atoms with van der Waals surface area (Å²) in [5.74, 6) is 1.35. The van der Waals surface area contributed by atoms with E-state index in [1.165, 1.54) is 0 Å². The van der Waals surface area contributed by atoms with Gasteiger partial charge in [-0.2, -0.15) is 0 Å². The summed E-state index contributed by atoms with van der Waals surface area (Å²) < 4.78 is 10.3. The van der Waals surface area contributed by atoms with E-state index in [0.717, 1.165) is 19.3 Å². The van der Waals surface area contributed by atoms with Gasteiger partial charge in [-0.3, -0.25) is 4.79 Å². The summed E-state index contributed by atoms with van der Waals surface area (Å²) in [7, 11) is 3.14. The van der Waals surface area contributed by atoms with Gasteiger partial charge in [0.05, 0.1) is 19.8 Å². The van der Waals surface area contributed by atoms with Crippen LogP contribution in [0.15, 0.2) is 18.2 Å². The predicted octanol–water partition coefficient (Wildman–Crippen LogP) is 2.41. The third-order valence-electron chi connectivity index (χ3n) is 2.82. The van der Waals surface area contributed by atoms with Gasteiger partial charge >= 0.3 is 0 Å². The van der Waals surface area contributed by atoms with Gasteiger partial charge in [-0.15, -0.1) is 0 Å². The molecule has 0 heterocycles. The number of ketones is 1. The molecule has 0 aliphatic carbocycles. The Bertz CT molecular complexity index is 391. The first kappa shape index (κ1) is 14.5. The van der Waals surface area contributed by atoms with Crippen LogP contribution in [0.25, 0.3) is 0 Å². The second-order valence-corrected chi connectivity index (χ2v) is 4.09. The lowest BCUT2D eigenvalue weighted by molar-refractivity contribution is 0.0976. The molecule has 0 radical (unpaired) electrons. The molecular formula is C14H21NO3. The SMILES string of the molecule is COc1ccc(OC)c(C(=O)CCCCCN)c1. The van der Waals surface area contributed by atoms with Crippen molar-refractivity contribution in [1.82, 2.24) is 0 Å². The second-order valence-electron chi connectivity index (χ2n) is 4.09. The fourth-order valence-corrected chi connectivity index (χ4v) is 1.77. The molecule has 0 unspecified atom stereocenters. The van der Waals surface area contributed by atoms with Crippen molar-refractivity contribution in [2.24, 2.45) is 5.73 Å². The molecule has 0 aromatic heterocycles. The smallest absolute Gasteiger partial charge is 0.166 e. The van der Waals surface area contributed by atoms with Gasteiger partial charge < -0.3 is 15.2 Å². The molecule has 0 spiro atoms. The van der Waals surface area contributed by atoms with Crippen LogP contribution in [0, 0.1) is 0 Å². The molecule has 0 bridgehead atoms. The van der Waals surface area contributed by atoms with E-state index < -0.39 is 0 Å². The zero-order valence-corrected chi connectivity index (χ0v) is 11.1. The van der Waals surface area contributed by atoms with Crippen molar-refractivity contribution in [3.05, 3.63) is 23.8 Å². The Labute approximate surface area is 108 Å². The molecule has 0 fully saturated rings. The summed E-state index contributed by atoms with van der Waals surface area (Å²) in [5.41, 5.74) is 6.01. The number of rotatable bonds is 8.